The van der Waals surface area contributed by atoms with Crippen LogP contribution in [-0.4, -0.2) is 12.3 Å². The van der Waals surface area contributed by atoms with E-state index in [1.165, 1.54) is 0 Å². The summed E-state index contributed by atoms with van der Waals surface area (Å²) in [5.74, 6) is 0.304. The molecule has 0 aromatic rings. The molecule has 0 amide bonds. The summed E-state index contributed by atoms with van der Waals surface area (Å²) < 4.78 is 0. The first-order valence-electron chi connectivity index (χ1n) is 4.78. The fourth-order valence-corrected chi connectivity index (χ4v) is 1.61. The Bertz CT molecular complexity index is 183. The molecule has 0 aromatic heterocycles. The van der Waals surface area contributed by atoms with E-state index in [4.69, 9.17) is 5.26 Å². The van der Waals surface area contributed by atoms with Crippen molar-refractivity contribution in [1.82, 2.24) is 0 Å². The first-order valence-corrected chi connectivity index (χ1v) is 4.78. The number of nitrogens with zero attached hydrogens (tertiary/aromatic N) is 2. The zero-order chi connectivity index (χ0) is 8.81. The molecule has 12 heavy (non-hydrogen) atoms. The molecule has 2 heteroatoms. The van der Waals surface area contributed by atoms with E-state index in [2.05, 4.69) is 18.0 Å². The molecule has 0 bridgehead atoms. The Morgan fingerprint density at radius 3 is 2.58 bits per heavy atom. The molecule has 0 aliphatic heterocycles. The van der Waals surface area contributed by atoms with Crippen molar-refractivity contribution in [2.75, 3.05) is 0 Å². The van der Waals surface area contributed by atoms with E-state index in [-0.39, 0.29) is 0 Å². The smallest absolute Gasteiger partial charge is 0.0655 e. The van der Waals surface area contributed by atoms with Gasteiger partial charge in [0, 0.05) is 12.0 Å². The van der Waals surface area contributed by atoms with E-state index in [0.717, 1.165) is 32.1 Å². The van der Waals surface area contributed by atoms with Crippen molar-refractivity contribution in [3.63, 3.8) is 0 Å². The van der Waals surface area contributed by atoms with E-state index in [1.807, 2.05) is 6.21 Å². The number of hydrogen-bond acceptors (Lipinski definition) is 2. The topological polar surface area (TPSA) is 36.1 Å². The van der Waals surface area contributed by atoms with Gasteiger partial charge < -0.3 is 0 Å². The van der Waals surface area contributed by atoms with Gasteiger partial charge in [-0.15, -0.1) is 0 Å². The van der Waals surface area contributed by atoms with Gasteiger partial charge in [0.25, 0.3) is 0 Å². The van der Waals surface area contributed by atoms with E-state index >= 15 is 0 Å². The van der Waals surface area contributed by atoms with Crippen LogP contribution in [0.4, 0.5) is 0 Å². The third-order valence-corrected chi connectivity index (χ3v) is 2.38. The van der Waals surface area contributed by atoms with Crippen molar-refractivity contribution in [3.8, 4) is 6.07 Å². The highest BCUT2D eigenvalue weighted by Crippen LogP contribution is 2.25. The van der Waals surface area contributed by atoms with Gasteiger partial charge >= 0.3 is 0 Å². The highest BCUT2D eigenvalue weighted by Gasteiger charge is 2.19. The molecule has 1 fully saturated rings. The SMILES string of the molecule is CCC=NC1CCC(C#N)CC1. The third kappa shape index (κ3) is 2.65. The predicted molar refractivity (Wildman–Crippen MR) is 50.1 cm³/mol. The second kappa shape index (κ2) is 4.92. The zero-order valence-corrected chi connectivity index (χ0v) is 7.66. The predicted octanol–water partition coefficient (Wildman–Crippen LogP) is 2.55. The molecule has 0 aromatic carbocycles. The normalized spacial score (nSPS) is 30.3. The van der Waals surface area contributed by atoms with Crippen LogP contribution in [0.15, 0.2) is 4.99 Å². The molecule has 1 aliphatic carbocycles. The van der Waals surface area contributed by atoms with E-state index in [9.17, 15) is 0 Å². The zero-order valence-electron chi connectivity index (χ0n) is 7.66. The average Bonchev–Trinajstić information content (AvgIpc) is 2.15. The Morgan fingerprint density at radius 1 is 1.42 bits per heavy atom. The van der Waals surface area contributed by atoms with Crippen LogP contribution in [0.25, 0.3) is 0 Å². The summed E-state index contributed by atoms with van der Waals surface area (Å²) in [6.45, 7) is 2.10. The van der Waals surface area contributed by atoms with Gasteiger partial charge in [-0.1, -0.05) is 6.92 Å². The minimum absolute atomic E-state index is 0.304. The van der Waals surface area contributed by atoms with Gasteiger partial charge in [-0.05, 0) is 38.3 Å². The largest absolute Gasteiger partial charge is 0.294 e. The fourth-order valence-electron chi connectivity index (χ4n) is 1.61. The molecule has 0 spiro atoms. The second-order valence-electron chi connectivity index (χ2n) is 3.37. The lowest BCUT2D eigenvalue weighted by Gasteiger charge is -2.21. The van der Waals surface area contributed by atoms with Crippen LogP contribution in [0.3, 0.4) is 0 Å². The van der Waals surface area contributed by atoms with Crippen LogP contribution in [0.1, 0.15) is 39.0 Å². The molecule has 1 aliphatic rings. The van der Waals surface area contributed by atoms with Gasteiger partial charge in [-0.25, -0.2) is 0 Å². The standard InChI is InChI=1S/C10H16N2/c1-2-7-12-10-5-3-9(8-11)4-6-10/h7,9-10H,2-6H2,1H3. The quantitative estimate of drug-likeness (QED) is 0.578. The Labute approximate surface area is 74.3 Å². The fraction of sp³-hybridized carbons (Fsp3) is 0.800. The van der Waals surface area contributed by atoms with Crippen LogP contribution in [-0.2, 0) is 0 Å². The maximum atomic E-state index is 8.66. The van der Waals surface area contributed by atoms with Crippen LogP contribution < -0.4 is 0 Å². The molecule has 1 rings (SSSR count). The Balaban J connectivity index is 2.27. The van der Waals surface area contributed by atoms with Crippen LogP contribution >= 0.6 is 0 Å². The van der Waals surface area contributed by atoms with Gasteiger partial charge in [0.1, 0.15) is 0 Å². The monoisotopic (exact) mass is 164 g/mol. The Hall–Kier alpha value is -0.840. The molecule has 0 N–H and O–H groups in total. The van der Waals surface area contributed by atoms with Gasteiger partial charge in [0.2, 0.25) is 0 Å². The summed E-state index contributed by atoms with van der Waals surface area (Å²) in [5, 5.41) is 8.66. The third-order valence-electron chi connectivity index (χ3n) is 2.38. The summed E-state index contributed by atoms with van der Waals surface area (Å²) in [6, 6.07) is 2.84. The molecular weight excluding hydrogens is 148 g/mol. The second-order valence-corrected chi connectivity index (χ2v) is 3.37. The molecule has 2 nitrogen and oxygen atoms in total. The molecule has 66 valence electrons. The van der Waals surface area contributed by atoms with Crippen LogP contribution in [0.5, 0.6) is 0 Å². The van der Waals surface area contributed by atoms with Crippen molar-refractivity contribution < 1.29 is 0 Å². The maximum Gasteiger partial charge on any atom is 0.0655 e. The summed E-state index contributed by atoms with van der Waals surface area (Å²) >= 11 is 0. The minimum Gasteiger partial charge on any atom is -0.294 e. The summed E-state index contributed by atoms with van der Waals surface area (Å²) in [4.78, 5) is 4.44. The molecule has 0 radical (unpaired) electrons. The lowest BCUT2D eigenvalue weighted by Crippen LogP contribution is -2.16. The van der Waals surface area contributed by atoms with Gasteiger partial charge in [0.15, 0.2) is 0 Å². The molecule has 0 unspecified atom stereocenters. The lowest BCUT2D eigenvalue weighted by molar-refractivity contribution is 0.383. The molecule has 1 saturated carbocycles. The van der Waals surface area contributed by atoms with Crippen molar-refractivity contribution in [2.45, 2.75) is 45.1 Å². The summed E-state index contributed by atoms with van der Waals surface area (Å²) in [5.41, 5.74) is 0. The van der Waals surface area contributed by atoms with Gasteiger partial charge in [0.05, 0.1) is 6.07 Å². The van der Waals surface area contributed by atoms with E-state index in [0.29, 0.717) is 12.0 Å². The van der Waals surface area contributed by atoms with E-state index in [1.54, 1.807) is 0 Å². The number of nitriles is 1. The number of aliphatic imine (C=N–C) groups is 1. The van der Waals surface area contributed by atoms with Crippen molar-refractivity contribution in [1.29, 1.82) is 5.26 Å². The van der Waals surface area contributed by atoms with Crippen molar-refractivity contribution in [3.05, 3.63) is 0 Å². The van der Waals surface area contributed by atoms with Crippen molar-refractivity contribution in [2.24, 2.45) is 10.9 Å². The van der Waals surface area contributed by atoms with Crippen molar-refractivity contribution >= 4 is 6.21 Å². The highest BCUT2D eigenvalue weighted by molar-refractivity contribution is 5.56. The molecule has 0 saturated heterocycles. The number of hydrogen-bond donors (Lipinski definition) is 0. The van der Waals surface area contributed by atoms with E-state index < -0.39 is 0 Å². The molecular formula is C10H16N2. The van der Waals surface area contributed by atoms with Crippen LogP contribution in [0.2, 0.25) is 0 Å². The maximum absolute atomic E-state index is 8.66. The Kier molecular flexibility index (Phi) is 3.79. The van der Waals surface area contributed by atoms with Crippen LogP contribution in [0, 0.1) is 17.2 Å². The molecule has 0 heterocycles. The van der Waals surface area contributed by atoms with Gasteiger partial charge in [-0.2, -0.15) is 5.26 Å². The first kappa shape index (κ1) is 9.25. The lowest BCUT2D eigenvalue weighted by atomic mass is 9.87. The first-order chi connectivity index (χ1) is 5.86. The highest BCUT2D eigenvalue weighted by atomic mass is 14.8. The molecule has 0 atom stereocenters. The summed E-state index contributed by atoms with van der Waals surface area (Å²) in [7, 11) is 0. The van der Waals surface area contributed by atoms with Gasteiger partial charge in [-0.3, -0.25) is 4.99 Å². The number of rotatable bonds is 2. The average molecular weight is 164 g/mol. The minimum atomic E-state index is 0.304. The summed E-state index contributed by atoms with van der Waals surface area (Å²) in [6.07, 6.45) is 7.32. The Morgan fingerprint density at radius 2 is 2.08 bits per heavy atom.